The molecule has 4 nitrogen and oxygen atoms in total. The molecule has 3 rings (SSSR count). The minimum Gasteiger partial charge on any atom is -0.481 e. The Bertz CT molecular complexity index is 630. The average molecular weight is 323 g/mol. The number of carbonyl (C=O) groups is 2. The van der Waals surface area contributed by atoms with Crippen LogP contribution in [-0.4, -0.2) is 28.4 Å². The largest absolute Gasteiger partial charge is 0.481 e. The summed E-state index contributed by atoms with van der Waals surface area (Å²) in [6.07, 6.45) is 3.06. The van der Waals surface area contributed by atoms with Crippen molar-refractivity contribution in [1.82, 2.24) is 4.90 Å². The van der Waals surface area contributed by atoms with E-state index in [1.165, 1.54) is 23.8 Å². The van der Waals surface area contributed by atoms with Crippen LogP contribution in [0.2, 0.25) is 0 Å². The average Bonchev–Trinajstić information content (AvgIpc) is 3.37. The second-order valence-electron chi connectivity index (χ2n) is 6.50. The third kappa shape index (κ3) is 3.86. The van der Waals surface area contributed by atoms with E-state index in [-0.39, 0.29) is 31.3 Å². The van der Waals surface area contributed by atoms with Gasteiger partial charge in [-0.15, -0.1) is 0 Å². The number of carbonyl (C=O) groups excluding carboxylic acids is 1. The van der Waals surface area contributed by atoms with E-state index in [0.29, 0.717) is 17.4 Å². The van der Waals surface area contributed by atoms with Gasteiger partial charge in [-0.1, -0.05) is 6.07 Å². The third-order valence-corrected chi connectivity index (χ3v) is 4.65. The number of halogens is 2. The van der Waals surface area contributed by atoms with Crippen molar-refractivity contribution in [3.05, 3.63) is 35.4 Å². The van der Waals surface area contributed by atoms with Crippen molar-refractivity contribution in [2.45, 2.75) is 32.2 Å². The number of nitrogens with zero attached hydrogens (tertiary/aromatic N) is 1. The van der Waals surface area contributed by atoms with Crippen LogP contribution in [-0.2, 0) is 16.1 Å². The van der Waals surface area contributed by atoms with Crippen LogP contribution in [0.5, 0.6) is 0 Å². The lowest BCUT2D eigenvalue weighted by Crippen LogP contribution is -2.34. The fourth-order valence-electron chi connectivity index (χ4n) is 3.13. The highest BCUT2D eigenvalue weighted by molar-refractivity contribution is 5.82. The molecule has 2 atom stereocenters. The van der Waals surface area contributed by atoms with Gasteiger partial charge >= 0.3 is 5.97 Å². The normalized spacial score (nSPS) is 22.7. The third-order valence-electron chi connectivity index (χ3n) is 4.65. The van der Waals surface area contributed by atoms with Crippen LogP contribution in [0, 0.1) is 29.4 Å². The predicted molar refractivity (Wildman–Crippen MR) is 78.3 cm³/mol. The van der Waals surface area contributed by atoms with Gasteiger partial charge in [-0.25, -0.2) is 8.78 Å². The molecule has 6 heteroatoms. The van der Waals surface area contributed by atoms with Crippen LogP contribution < -0.4 is 0 Å². The zero-order chi connectivity index (χ0) is 16.6. The van der Waals surface area contributed by atoms with Gasteiger partial charge in [-0.3, -0.25) is 9.59 Å². The lowest BCUT2D eigenvalue weighted by atomic mass is 10.1. The molecule has 1 aromatic carbocycles. The zero-order valence-corrected chi connectivity index (χ0v) is 12.7. The minimum atomic E-state index is -0.984. The molecule has 0 unspecified atom stereocenters. The first-order valence-corrected chi connectivity index (χ1v) is 7.90. The predicted octanol–water partition coefficient (Wildman–Crippen LogP) is 2.81. The van der Waals surface area contributed by atoms with E-state index < -0.39 is 17.6 Å². The summed E-state index contributed by atoms with van der Waals surface area (Å²) in [7, 11) is 0. The number of rotatable bonds is 7. The van der Waals surface area contributed by atoms with E-state index in [2.05, 4.69) is 0 Å². The molecule has 1 aromatic rings. The molecular weight excluding hydrogens is 304 g/mol. The summed E-state index contributed by atoms with van der Waals surface area (Å²) in [5.41, 5.74) is 0.464. The fraction of sp³-hybridized carbons (Fsp3) is 0.529. The van der Waals surface area contributed by atoms with E-state index in [1.807, 2.05) is 0 Å². The minimum absolute atomic E-state index is 0.0263. The summed E-state index contributed by atoms with van der Waals surface area (Å²) in [5.74, 6) is -1.89. The maximum Gasteiger partial charge on any atom is 0.305 e. The van der Waals surface area contributed by atoms with Gasteiger partial charge in [-0.2, -0.15) is 0 Å². The molecule has 0 bridgehead atoms. The van der Waals surface area contributed by atoms with E-state index in [0.717, 1.165) is 18.6 Å². The van der Waals surface area contributed by atoms with Gasteiger partial charge in [0.2, 0.25) is 5.91 Å². The quantitative estimate of drug-likeness (QED) is 0.839. The monoisotopic (exact) mass is 323 g/mol. The Morgan fingerprint density at radius 2 is 1.96 bits per heavy atom. The molecule has 0 aliphatic heterocycles. The first-order chi connectivity index (χ1) is 11.0. The Kier molecular flexibility index (Phi) is 4.33. The zero-order valence-electron chi connectivity index (χ0n) is 12.7. The van der Waals surface area contributed by atoms with Crippen LogP contribution in [0.15, 0.2) is 18.2 Å². The second-order valence-corrected chi connectivity index (χ2v) is 6.50. The molecule has 1 N–H and O–H groups in total. The van der Waals surface area contributed by atoms with Gasteiger partial charge in [0.05, 0.1) is 6.42 Å². The lowest BCUT2D eigenvalue weighted by Gasteiger charge is -2.22. The molecule has 124 valence electrons. The Balaban J connectivity index is 1.68. The summed E-state index contributed by atoms with van der Waals surface area (Å²) in [5, 5.41) is 8.85. The summed E-state index contributed by atoms with van der Waals surface area (Å²) in [6, 6.07) is 3.50. The van der Waals surface area contributed by atoms with Gasteiger partial charge in [0.25, 0.3) is 0 Å². The van der Waals surface area contributed by atoms with E-state index in [9.17, 15) is 18.4 Å². The van der Waals surface area contributed by atoms with Gasteiger partial charge in [0, 0.05) is 19.0 Å². The first-order valence-electron chi connectivity index (χ1n) is 7.90. The topological polar surface area (TPSA) is 57.6 Å². The maximum absolute atomic E-state index is 13.3. The maximum atomic E-state index is 13.3. The first kappa shape index (κ1) is 15.9. The van der Waals surface area contributed by atoms with Crippen molar-refractivity contribution in [3.63, 3.8) is 0 Å². The standard InChI is InChI=1S/C17H19F2NO3/c18-14-4-1-10(7-15(14)19)9-20(6-5-16(21)22)17(23)13-8-12(13)11-2-3-11/h1,4,7,11-13H,2-3,5-6,8-9H2,(H,21,22)/t12-,13+/m0/s1. The van der Waals surface area contributed by atoms with Crippen molar-refractivity contribution in [3.8, 4) is 0 Å². The molecular formula is C17H19F2NO3. The molecule has 2 aliphatic carbocycles. The van der Waals surface area contributed by atoms with E-state index >= 15 is 0 Å². The Labute approximate surface area is 133 Å². The summed E-state index contributed by atoms with van der Waals surface area (Å²) in [4.78, 5) is 24.8. The van der Waals surface area contributed by atoms with Crippen LogP contribution in [0.3, 0.4) is 0 Å². The smallest absolute Gasteiger partial charge is 0.305 e. The summed E-state index contributed by atoms with van der Waals surface area (Å²) in [6.45, 7) is 0.193. The van der Waals surface area contributed by atoms with Crippen molar-refractivity contribution in [2.24, 2.45) is 17.8 Å². The highest BCUT2D eigenvalue weighted by Gasteiger charge is 2.52. The molecule has 2 fully saturated rings. The van der Waals surface area contributed by atoms with Crippen molar-refractivity contribution in [1.29, 1.82) is 0 Å². The van der Waals surface area contributed by atoms with E-state index in [1.54, 1.807) is 0 Å². The van der Waals surface area contributed by atoms with Crippen molar-refractivity contribution in [2.75, 3.05) is 6.54 Å². The van der Waals surface area contributed by atoms with Crippen LogP contribution in [0.25, 0.3) is 0 Å². The Morgan fingerprint density at radius 1 is 1.22 bits per heavy atom. The molecule has 2 saturated carbocycles. The number of hydrogen-bond donors (Lipinski definition) is 1. The molecule has 23 heavy (non-hydrogen) atoms. The van der Waals surface area contributed by atoms with Gasteiger partial charge in [0.1, 0.15) is 0 Å². The number of aliphatic carboxylic acids is 1. The number of carboxylic acid groups (broad SMARTS) is 1. The molecule has 0 saturated heterocycles. The van der Waals surface area contributed by atoms with Crippen molar-refractivity contribution >= 4 is 11.9 Å². The number of amides is 1. The SMILES string of the molecule is O=C(O)CCN(Cc1ccc(F)c(F)c1)C(=O)[C@@H]1C[C@H]1C1CC1. The van der Waals surface area contributed by atoms with Crippen LogP contribution in [0.1, 0.15) is 31.2 Å². The van der Waals surface area contributed by atoms with Gasteiger partial charge in [0.15, 0.2) is 11.6 Å². The van der Waals surface area contributed by atoms with Crippen LogP contribution >= 0.6 is 0 Å². The second kappa shape index (κ2) is 6.26. The van der Waals surface area contributed by atoms with E-state index in [4.69, 9.17) is 5.11 Å². The van der Waals surface area contributed by atoms with Crippen molar-refractivity contribution < 1.29 is 23.5 Å². The molecule has 0 heterocycles. The highest BCUT2D eigenvalue weighted by atomic mass is 19.2. The Hall–Kier alpha value is -1.98. The molecule has 0 spiro atoms. The number of carboxylic acids is 1. The van der Waals surface area contributed by atoms with Crippen LogP contribution in [0.4, 0.5) is 8.78 Å². The molecule has 0 aromatic heterocycles. The molecule has 1 amide bonds. The number of benzene rings is 1. The lowest BCUT2D eigenvalue weighted by molar-refractivity contribution is -0.139. The Morgan fingerprint density at radius 3 is 2.57 bits per heavy atom. The number of hydrogen-bond acceptors (Lipinski definition) is 2. The van der Waals surface area contributed by atoms with Gasteiger partial charge < -0.3 is 10.0 Å². The van der Waals surface area contributed by atoms with Gasteiger partial charge in [-0.05, 0) is 48.8 Å². The summed E-state index contributed by atoms with van der Waals surface area (Å²) < 4.78 is 26.3. The molecule has 0 radical (unpaired) electrons. The summed E-state index contributed by atoms with van der Waals surface area (Å²) >= 11 is 0. The fourth-order valence-corrected chi connectivity index (χ4v) is 3.13. The molecule has 2 aliphatic rings. The highest BCUT2D eigenvalue weighted by Crippen LogP contribution is 2.54.